The van der Waals surface area contributed by atoms with Crippen molar-refractivity contribution in [2.45, 2.75) is 6.10 Å². The molecule has 0 radical (unpaired) electrons. The van der Waals surface area contributed by atoms with Gasteiger partial charge in [-0.15, -0.1) is 0 Å². The van der Waals surface area contributed by atoms with Crippen LogP contribution in [0.25, 0.3) is 10.9 Å². The fourth-order valence-corrected chi connectivity index (χ4v) is 1.70. The van der Waals surface area contributed by atoms with Crippen molar-refractivity contribution in [1.29, 1.82) is 0 Å². The molecule has 0 aliphatic rings. The van der Waals surface area contributed by atoms with E-state index in [2.05, 4.69) is 4.98 Å². The topological polar surface area (TPSA) is 79.7 Å². The summed E-state index contributed by atoms with van der Waals surface area (Å²) in [5, 5.41) is 19.0. The van der Waals surface area contributed by atoms with Crippen LogP contribution in [0, 0.1) is 0 Å². The molecule has 2 aromatic rings. The lowest BCUT2D eigenvalue weighted by Crippen LogP contribution is -2.11. The van der Waals surface area contributed by atoms with E-state index >= 15 is 0 Å². The largest absolute Gasteiger partial charge is 0.494 e. The van der Waals surface area contributed by atoms with Gasteiger partial charge in [-0.1, -0.05) is 12.1 Å². The van der Waals surface area contributed by atoms with Crippen LogP contribution in [0.2, 0.25) is 0 Å². The number of carbonyl (C=O) groups is 1. The number of hydrogen-bond donors (Lipinski definition) is 2. The van der Waals surface area contributed by atoms with E-state index in [-0.39, 0.29) is 0 Å². The van der Waals surface area contributed by atoms with Crippen molar-refractivity contribution in [3.05, 3.63) is 36.0 Å². The number of rotatable bonds is 3. The average Bonchev–Trinajstić information content (AvgIpc) is 2.36. The minimum atomic E-state index is -1.56. The van der Waals surface area contributed by atoms with Crippen molar-refractivity contribution < 1.29 is 19.7 Å². The summed E-state index contributed by atoms with van der Waals surface area (Å²) >= 11 is 0. The zero-order valence-electron chi connectivity index (χ0n) is 9.12. The molecule has 0 saturated heterocycles. The molecule has 17 heavy (non-hydrogen) atoms. The van der Waals surface area contributed by atoms with Crippen molar-refractivity contribution in [3.8, 4) is 5.75 Å². The van der Waals surface area contributed by atoms with Gasteiger partial charge in [0, 0.05) is 17.1 Å². The van der Waals surface area contributed by atoms with E-state index in [1.807, 2.05) is 0 Å². The Kier molecular flexibility index (Phi) is 2.93. The number of benzene rings is 1. The molecule has 2 rings (SSSR count). The minimum Gasteiger partial charge on any atom is -0.494 e. The summed E-state index contributed by atoms with van der Waals surface area (Å²) in [7, 11) is 1.51. The second-order valence-corrected chi connectivity index (χ2v) is 3.50. The zero-order valence-corrected chi connectivity index (χ0v) is 9.12. The molecule has 1 aromatic heterocycles. The van der Waals surface area contributed by atoms with Gasteiger partial charge in [0.05, 0.1) is 7.11 Å². The Bertz CT molecular complexity index is 567. The lowest BCUT2D eigenvalue weighted by Gasteiger charge is -2.11. The van der Waals surface area contributed by atoms with Crippen molar-refractivity contribution in [1.82, 2.24) is 4.98 Å². The maximum absolute atomic E-state index is 10.8. The summed E-state index contributed by atoms with van der Waals surface area (Å²) in [6.07, 6.45) is 0.0227. The number of aliphatic hydroxyl groups is 1. The number of pyridine rings is 1. The first-order valence-electron chi connectivity index (χ1n) is 4.97. The molecule has 5 heteroatoms. The number of ether oxygens (including phenoxy) is 1. The Labute approximate surface area is 97.3 Å². The molecule has 0 amide bonds. The van der Waals surface area contributed by atoms with Crippen molar-refractivity contribution in [3.63, 3.8) is 0 Å². The van der Waals surface area contributed by atoms with Gasteiger partial charge < -0.3 is 14.9 Å². The Hall–Kier alpha value is -2.14. The molecule has 0 aliphatic heterocycles. The Morgan fingerprint density at radius 1 is 1.41 bits per heavy atom. The number of carboxylic acid groups (broad SMARTS) is 1. The highest BCUT2D eigenvalue weighted by Gasteiger charge is 2.19. The highest BCUT2D eigenvalue weighted by atomic mass is 16.5. The summed E-state index contributed by atoms with van der Waals surface area (Å²) in [6.45, 7) is 0. The third-order valence-corrected chi connectivity index (χ3v) is 2.51. The second kappa shape index (κ2) is 4.39. The van der Waals surface area contributed by atoms with Crippen LogP contribution < -0.4 is 4.74 Å². The SMILES string of the molecule is COc1ccc(C(O)C(=O)O)c2cccnc12. The summed E-state index contributed by atoms with van der Waals surface area (Å²) in [4.78, 5) is 14.9. The maximum Gasteiger partial charge on any atom is 0.337 e. The molecular formula is C12H11NO4. The fourth-order valence-electron chi connectivity index (χ4n) is 1.70. The molecule has 0 saturated carbocycles. The standard InChI is InChI=1S/C12H11NO4/c1-17-9-5-4-8(11(14)12(15)16)7-3-2-6-13-10(7)9/h2-6,11,14H,1H3,(H,15,16). The molecule has 5 nitrogen and oxygen atoms in total. The molecule has 88 valence electrons. The monoisotopic (exact) mass is 233 g/mol. The number of aromatic nitrogens is 1. The lowest BCUT2D eigenvalue weighted by molar-refractivity contribution is -0.146. The van der Waals surface area contributed by atoms with Crippen LogP contribution in [0.5, 0.6) is 5.75 Å². The van der Waals surface area contributed by atoms with Crippen molar-refractivity contribution in [2.24, 2.45) is 0 Å². The number of aliphatic hydroxyl groups excluding tert-OH is 1. The number of carboxylic acids is 1. The Balaban J connectivity index is 2.70. The molecule has 1 unspecified atom stereocenters. The van der Waals surface area contributed by atoms with E-state index in [0.29, 0.717) is 22.2 Å². The van der Waals surface area contributed by atoms with E-state index in [4.69, 9.17) is 9.84 Å². The van der Waals surface area contributed by atoms with E-state index in [9.17, 15) is 9.90 Å². The molecular weight excluding hydrogens is 222 g/mol. The normalized spacial score (nSPS) is 12.4. The molecule has 1 heterocycles. The number of nitrogens with zero attached hydrogens (tertiary/aromatic N) is 1. The summed E-state index contributed by atoms with van der Waals surface area (Å²) in [5.74, 6) is -0.748. The van der Waals surface area contributed by atoms with Crippen LogP contribution in [0.1, 0.15) is 11.7 Å². The highest BCUT2D eigenvalue weighted by molar-refractivity contribution is 5.91. The second-order valence-electron chi connectivity index (χ2n) is 3.50. The van der Waals surface area contributed by atoms with Gasteiger partial charge in [-0.3, -0.25) is 4.98 Å². The fraction of sp³-hybridized carbons (Fsp3) is 0.167. The van der Waals surface area contributed by atoms with Crippen LogP contribution in [0.3, 0.4) is 0 Å². The van der Waals surface area contributed by atoms with Crippen LogP contribution >= 0.6 is 0 Å². The maximum atomic E-state index is 10.8. The van der Waals surface area contributed by atoms with Gasteiger partial charge in [0.15, 0.2) is 6.10 Å². The molecule has 1 atom stereocenters. The Morgan fingerprint density at radius 3 is 2.82 bits per heavy atom. The van der Waals surface area contributed by atoms with Gasteiger partial charge >= 0.3 is 5.97 Å². The third-order valence-electron chi connectivity index (χ3n) is 2.51. The van der Waals surface area contributed by atoms with Gasteiger partial charge in [-0.2, -0.15) is 0 Å². The predicted octanol–water partition coefficient (Wildman–Crippen LogP) is 1.36. The van der Waals surface area contributed by atoms with Gasteiger partial charge in [0.2, 0.25) is 0 Å². The number of fused-ring (bicyclic) bond motifs is 1. The number of hydrogen-bond acceptors (Lipinski definition) is 4. The van der Waals surface area contributed by atoms with E-state index in [1.54, 1.807) is 24.4 Å². The first-order valence-corrected chi connectivity index (χ1v) is 4.97. The number of aliphatic carboxylic acids is 1. The molecule has 0 spiro atoms. The summed E-state index contributed by atoms with van der Waals surface area (Å²) < 4.78 is 5.13. The molecule has 2 N–H and O–H groups in total. The summed E-state index contributed by atoms with van der Waals surface area (Å²) in [6, 6.07) is 6.50. The van der Waals surface area contributed by atoms with Crippen LogP contribution in [-0.2, 0) is 4.79 Å². The molecule has 0 fully saturated rings. The van der Waals surface area contributed by atoms with E-state index in [0.717, 1.165) is 0 Å². The van der Waals surface area contributed by atoms with E-state index in [1.165, 1.54) is 13.2 Å². The zero-order chi connectivity index (χ0) is 12.4. The molecule has 0 aliphatic carbocycles. The predicted molar refractivity (Wildman–Crippen MR) is 60.9 cm³/mol. The lowest BCUT2D eigenvalue weighted by atomic mass is 10.0. The molecule has 1 aromatic carbocycles. The van der Waals surface area contributed by atoms with Gasteiger partial charge in [0.1, 0.15) is 11.3 Å². The first-order chi connectivity index (χ1) is 8.15. The Morgan fingerprint density at radius 2 is 2.18 bits per heavy atom. The van der Waals surface area contributed by atoms with Crippen LogP contribution in [-0.4, -0.2) is 28.3 Å². The van der Waals surface area contributed by atoms with Crippen LogP contribution in [0.15, 0.2) is 30.5 Å². The van der Waals surface area contributed by atoms with Crippen molar-refractivity contribution >= 4 is 16.9 Å². The van der Waals surface area contributed by atoms with Gasteiger partial charge in [0.25, 0.3) is 0 Å². The van der Waals surface area contributed by atoms with Gasteiger partial charge in [-0.05, 0) is 12.1 Å². The minimum absolute atomic E-state index is 0.307. The number of methoxy groups -OCH3 is 1. The van der Waals surface area contributed by atoms with Gasteiger partial charge in [-0.25, -0.2) is 4.79 Å². The smallest absolute Gasteiger partial charge is 0.337 e. The summed E-state index contributed by atoms with van der Waals surface area (Å²) in [5.41, 5.74) is 0.842. The average molecular weight is 233 g/mol. The van der Waals surface area contributed by atoms with E-state index < -0.39 is 12.1 Å². The van der Waals surface area contributed by atoms with Crippen molar-refractivity contribution in [2.75, 3.05) is 7.11 Å². The third kappa shape index (κ3) is 1.92. The quantitative estimate of drug-likeness (QED) is 0.836. The van der Waals surface area contributed by atoms with Crippen LogP contribution in [0.4, 0.5) is 0 Å². The highest BCUT2D eigenvalue weighted by Crippen LogP contribution is 2.29. The first kappa shape index (κ1) is 11.3. The molecule has 0 bridgehead atoms.